The van der Waals surface area contributed by atoms with Crippen molar-refractivity contribution in [2.45, 2.75) is 6.42 Å². The molecule has 2 heterocycles. The van der Waals surface area contributed by atoms with E-state index in [1.54, 1.807) is 6.07 Å². The molecule has 0 aromatic heterocycles. The molecule has 1 fully saturated rings. The second kappa shape index (κ2) is 8.19. The highest BCUT2D eigenvalue weighted by Crippen LogP contribution is 2.34. The number of ether oxygens (including phenoxy) is 1. The molecular weight excluding hydrogens is 362 g/mol. The third-order valence-electron chi connectivity index (χ3n) is 5.21. The number of carbonyl (C=O) groups excluding carboxylic acids is 1. The number of hydrogen-bond donors (Lipinski definition) is 0. The molecule has 6 heteroatoms. The Kier molecular flexibility index (Phi) is 5.50. The van der Waals surface area contributed by atoms with E-state index >= 15 is 0 Å². The van der Waals surface area contributed by atoms with Crippen molar-refractivity contribution in [3.05, 3.63) is 53.6 Å². The smallest absolute Gasteiger partial charge is 0.265 e. The molecule has 2 aromatic carbocycles. The number of rotatable bonds is 5. The average molecular weight is 386 g/mol. The zero-order valence-corrected chi connectivity index (χ0v) is 16.1. The SMILES string of the molecule is O=C1COc2ccc(Cl)cc2N1CCCN1CCN(c2ccccc2)CC1. The molecule has 0 atom stereocenters. The van der Waals surface area contributed by atoms with E-state index < -0.39 is 0 Å². The molecule has 142 valence electrons. The summed E-state index contributed by atoms with van der Waals surface area (Å²) in [5.74, 6) is 0.731. The normalized spacial score (nSPS) is 17.6. The summed E-state index contributed by atoms with van der Waals surface area (Å²) in [5, 5.41) is 0.620. The van der Waals surface area contributed by atoms with Gasteiger partial charge in [-0.05, 0) is 43.3 Å². The predicted molar refractivity (Wildman–Crippen MR) is 109 cm³/mol. The first-order valence-electron chi connectivity index (χ1n) is 9.46. The van der Waals surface area contributed by atoms with Gasteiger partial charge in [0, 0.05) is 43.4 Å². The van der Waals surface area contributed by atoms with Gasteiger partial charge in [0.2, 0.25) is 0 Å². The number of para-hydroxylation sites is 1. The van der Waals surface area contributed by atoms with Crippen LogP contribution >= 0.6 is 11.6 Å². The lowest BCUT2D eigenvalue weighted by molar-refractivity contribution is -0.121. The summed E-state index contributed by atoms with van der Waals surface area (Å²) in [6.45, 7) is 5.96. The first-order valence-corrected chi connectivity index (χ1v) is 9.83. The van der Waals surface area contributed by atoms with Crippen molar-refractivity contribution in [1.82, 2.24) is 4.90 Å². The van der Waals surface area contributed by atoms with Gasteiger partial charge in [0.15, 0.2) is 6.61 Å². The largest absolute Gasteiger partial charge is 0.482 e. The van der Waals surface area contributed by atoms with Gasteiger partial charge in [0.1, 0.15) is 5.75 Å². The fraction of sp³-hybridized carbons (Fsp3) is 0.381. The van der Waals surface area contributed by atoms with Gasteiger partial charge in [-0.3, -0.25) is 9.69 Å². The van der Waals surface area contributed by atoms with Crippen LogP contribution in [0.15, 0.2) is 48.5 Å². The summed E-state index contributed by atoms with van der Waals surface area (Å²) in [6.07, 6.45) is 0.934. The van der Waals surface area contributed by atoms with Crippen molar-refractivity contribution >= 4 is 28.9 Å². The Morgan fingerprint density at radius 1 is 0.963 bits per heavy atom. The van der Waals surface area contributed by atoms with Gasteiger partial charge < -0.3 is 14.5 Å². The maximum atomic E-state index is 12.3. The fourth-order valence-electron chi connectivity index (χ4n) is 3.74. The van der Waals surface area contributed by atoms with Crippen LogP contribution in [0.25, 0.3) is 0 Å². The van der Waals surface area contributed by atoms with Crippen LogP contribution in [0.1, 0.15) is 6.42 Å². The molecular formula is C21H24ClN3O2. The number of piperazine rings is 1. The Balaban J connectivity index is 1.28. The summed E-state index contributed by atoms with van der Waals surface area (Å²) in [5.41, 5.74) is 2.08. The highest BCUT2D eigenvalue weighted by atomic mass is 35.5. The summed E-state index contributed by atoms with van der Waals surface area (Å²) < 4.78 is 5.51. The minimum Gasteiger partial charge on any atom is -0.482 e. The van der Waals surface area contributed by atoms with Crippen molar-refractivity contribution in [3.8, 4) is 5.75 Å². The standard InChI is InChI=1S/C21H24ClN3O2/c22-17-7-8-20-19(15-17)25(21(26)16-27-20)10-4-9-23-11-13-24(14-12-23)18-5-2-1-3-6-18/h1-3,5-8,15H,4,9-14,16H2. The van der Waals surface area contributed by atoms with Crippen LogP contribution in [0.5, 0.6) is 5.75 Å². The first kappa shape index (κ1) is 18.1. The van der Waals surface area contributed by atoms with Crippen molar-refractivity contribution in [2.24, 2.45) is 0 Å². The average Bonchev–Trinajstić information content (AvgIpc) is 2.71. The van der Waals surface area contributed by atoms with Crippen molar-refractivity contribution in [1.29, 1.82) is 0 Å². The second-order valence-corrected chi connectivity index (χ2v) is 7.40. The van der Waals surface area contributed by atoms with Crippen molar-refractivity contribution < 1.29 is 9.53 Å². The number of halogens is 1. The molecule has 4 rings (SSSR count). The van der Waals surface area contributed by atoms with Crippen molar-refractivity contribution in [3.63, 3.8) is 0 Å². The van der Waals surface area contributed by atoms with Crippen LogP contribution in [0.4, 0.5) is 11.4 Å². The molecule has 0 radical (unpaired) electrons. The molecule has 5 nitrogen and oxygen atoms in total. The Bertz CT molecular complexity index is 791. The van der Waals surface area contributed by atoms with Gasteiger partial charge in [-0.1, -0.05) is 29.8 Å². The summed E-state index contributed by atoms with van der Waals surface area (Å²) >= 11 is 6.10. The number of hydrogen-bond acceptors (Lipinski definition) is 4. The molecule has 2 aromatic rings. The number of anilines is 2. The molecule has 0 spiro atoms. The molecule has 2 aliphatic heterocycles. The Labute approximate surface area is 165 Å². The first-order chi connectivity index (χ1) is 13.2. The Morgan fingerprint density at radius 2 is 1.74 bits per heavy atom. The molecule has 2 aliphatic rings. The molecule has 0 bridgehead atoms. The van der Waals surface area contributed by atoms with Gasteiger partial charge in [-0.2, -0.15) is 0 Å². The molecule has 0 N–H and O–H groups in total. The van der Waals surface area contributed by atoms with Gasteiger partial charge in [-0.15, -0.1) is 0 Å². The van der Waals surface area contributed by atoms with Gasteiger partial charge in [-0.25, -0.2) is 0 Å². The zero-order valence-electron chi connectivity index (χ0n) is 15.3. The van der Waals surface area contributed by atoms with Crippen LogP contribution in [0.3, 0.4) is 0 Å². The summed E-state index contributed by atoms with van der Waals surface area (Å²) in [6, 6.07) is 16.0. The zero-order chi connectivity index (χ0) is 18.6. The molecule has 0 saturated carbocycles. The van der Waals surface area contributed by atoms with E-state index in [-0.39, 0.29) is 12.5 Å². The van der Waals surface area contributed by atoms with Crippen LogP contribution < -0.4 is 14.5 Å². The van der Waals surface area contributed by atoms with E-state index in [9.17, 15) is 4.79 Å². The maximum Gasteiger partial charge on any atom is 0.265 e. The molecule has 0 unspecified atom stereocenters. The van der Waals surface area contributed by atoms with Gasteiger partial charge in [0.05, 0.1) is 5.69 Å². The van der Waals surface area contributed by atoms with Crippen LogP contribution in [0, 0.1) is 0 Å². The maximum absolute atomic E-state index is 12.3. The monoisotopic (exact) mass is 385 g/mol. The lowest BCUT2D eigenvalue weighted by Crippen LogP contribution is -2.47. The number of amides is 1. The van der Waals surface area contributed by atoms with E-state index in [0.29, 0.717) is 11.6 Å². The van der Waals surface area contributed by atoms with Crippen LogP contribution in [-0.2, 0) is 4.79 Å². The van der Waals surface area contributed by atoms with Crippen LogP contribution in [-0.4, -0.2) is 56.7 Å². The van der Waals surface area contributed by atoms with Crippen molar-refractivity contribution in [2.75, 3.05) is 55.7 Å². The highest BCUT2D eigenvalue weighted by Gasteiger charge is 2.26. The minimum absolute atomic E-state index is 0.00124. The molecule has 1 saturated heterocycles. The Hall–Kier alpha value is -2.24. The lowest BCUT2D eigenvalue weighted by Gasteiger charge is -2.36. The topological polar surface area (TPSA) is 36.0 Å². The summed E-state index contributed by atoms with van der Waals surface area (Å²) in [7, 11) is 0. The highest BCUT2D eigenvalue weighted by molar-refractivity contribution is 6.31. The molecule has 0 aliphatic carbocycles. The molecule has 27 heavy (non-hydrogen) atoms. The van der Waals surface area contributed by atoms with Gasteiger partial charge in [0.25, 0.3) is 5.91 Å². The fourth-order valence-corrected chi connectivity index (χ4v) is 3.91. The van der Waals surface area contributed by atoms with E-state index in [1.807, 2.05) is 17.0 Å². The number of benzene rings is 2. The van der Waals surface area contributed by atoms with Gasteiger partial charge >= 0.3 is 0 Å². The number of fused-ring (bicyclic) bond motifs is 1. The second-order valence-electron chi connectivity index (χ2n) is 6.96. The van der Waals surface area contributed by atoms with E-state index in [4.69, 9.17) is 16.3 Å². The minimum atomic E-state index is -0.00124. The third kappa shape index (κ3) is 4.20. The van der Waals surface area contributed by atoms with E-state index in [0.717, 1.165) is 50.6 Å². The van der Waals surface area contributed by atoms with E-state index in [1.165, 1.54) is 5.69 Å². The quantitative estimate of drug-likeness (QED) is 0.791. The number of nitrogens with zero attached hydrogens (tertiary/aromatic N) is 3. The third-order valence-corrected chi connectivity index (χ3v) is 5.45. The van der Waals surface area contributed by atoms with E-state index in [2.05, 4.69) is 40.1 Å². The summed E-state index contributed by atoms with van der Waals surface area (Å²) in [4.78, 5) is 19.0. The lowest BCUT2D eigenvalue weighted by atomic mass is 10.2. The van der Waals surface area contributed by atoms with Crippen LogP contribution in [0.2, 0.25) is 5.02 Å². The molecule has 1 amide bonds. The number of carbonyl (C=O) groups is 1. The Morgan fingerprint density at radius 3 is 2.52 bits per heavy atom. The predicted octanol–water partition coefficient (Wildman–Crippen LogP) is 3.28.